The summed E-state index contributed by atoms with van der Waals surface area (Å²) in [4.78, 5) is 35.9. The molecule has 0 saturated carbocycles. The molecule has 10 heteroatoms. The topological polar surface area (TPSA) is 96.0 Å². The number of nitrogens with zero attached hydrogens (tertiary/aromatic N) is 3. The lowest BCUT2D eigenvalue weighted by atomic mass is 10.0. The molecule has 228 valence electrons. The van der Waals surface area contributed by atoms with Crippen molar-refractivity contribution in [2.24, 2.45) is 0 Å². The maximum atomic E-state index is 13.2. The molecule has 9 nitrogen and oxygen atoms in total. The van der Waals surface area contributed by atoms with Crippen LogP contribution in [0.4, 0.5) is 11.4 Å². The van der Waals surface area contributed by atoms with Crippen LogP contribution in [0.25, 0.3) is 10.9 Å². The Hall–Kier alpha value is -4.18. The fourth-order valence-corrected chi connectivity index (χ4v) is 5.65. The molecule has 0 bridgehead atoms. The molecule has 2 aliphatic heterocycles. The van der Waals surface area contributed by atoms with Crippen LogP contribution in [-0.2, 0) is 6.54 Å². The molecule has 1 fully saturated rings. The minimum absolute atomic E-state index is 0.190. The van der Waals surface area contributed by atoms with E-state index >= 15 is 0 Å². The number of aromatic nitrogens is 1. The van der Waals surface area contributed by atoms with Crippen molar-refractivity contribution in [1.29, 1.82) is 0 Å². The molecule has 2 aliphatic rings. The minimum Gasteiger partial charge on any atom is -0.486 e. The molecule has 1 saturated heterocycles. The molecule has 6 rings (SSSR count). The molecule has 0 unspecified atom stereocenters. The van der Waals surface area contributed by atoms with Crippen LogP contribution in [0.5, 0.6) is 11.5 Å². The van der Waals surface area contributed by atoms with Gasteiger partial charge in [-0.3, -0.25) is 24.4 Å². The standard InChI is InChI=1S/C34H36ClN5O4/c1-34(2,3)40-14-12-39(13-15-40)21-26-7-4-22-18-23(5-10-28(22)36-26)33(42)38-29-20-25(8-9-27(29)35)37-32(41)24-6-11-30-31(19-24)44-17-16-43-30/h4-11,18-20H,12-17,21H2,1-3H3,(H,37,41)(H,38,42). The van der Waals surface area contributed by atoms with Crippen molar-refractivity contribution in [1.82, 2.24) is 14.8 Å². The lowest BCUT2D eigenvalue weighted by molar-refractivity contribution is 0.0586. The van der Waals surface area contributed by atoms with E-state index in [1.807, 2.05) is 24.3 Å². The Morgan fingerprint density at radius 2 is 1.52 bits per heavy atom. The Morgan fingerprint density at radius 3 is 2.30 bits per heavy atom. The van der Waals surface area contributed by atoms with Gasteiger partial charge in [0.05, 0.1) is 21.9 Å². The van der Waals surface area contributed by atoms with Gasteiger partial charge in [0.2, 0.25) is 0 Å². The first-order chi connectivity index (χ1) is 21.1. The smallest absolute Gasteiger partial charge is 0.255 e. The van der Waals surface area contributed by atoms with Gasteiger partial charge in [0.1, 0.15) is 13.2 Å². The van der Waals surface area contributed by atoms with Gasteiger partial charge >= 0.3 is 0 Å². The van der Waals surface area contributed by atoms with Crippen LogP contribution in [0.1, 0.15) is 47.2 Å². The molecule has 0 spiro atoms. The Kier molecular flexibility index (Phi) is 8.44. The number of carbonyl (C=O) groups is 2. The van der Waals surface area contributed by atoms with E-state index < -0.39 is 0 Å². The van der Waals surface area contributed by atoms with Crippen molar-refractivity contribution in [3.63, 3.8) is 0 Å². The van der Waals surface area contributed by atoms with Crippen molar-refractivity contribution in [3.8, 4) is 11.5 Å². The van der Waals surface area contributed by atoms with Crippen molar-refractivity contribution >= 4 is 45.7 Å². The van der Waals surface area contributed by atoms with Gasteiger partial charge in [-0.1, -0.05) is 17.7 Å². The summed E-state index contributed by atoms with van der Waals surface area (Å²) >= 11 is 6.41. The lowest BCUT2D eigenvalue weighted by Crippen LogP contribution is -2.53. The second-order valence-corrected chi connectivity index (χ2v) is 12.5. The Bertz CT molecular complexity index is 1710. The number of nitrogens with one attached hydrogen (secondary N) is 2. The Morgan fingerprint density at radius 1 is 0.818 bits per heavy atom. The van der Waals surface area contributed by atoms with Gasteiger partial charge in [0.15, 0.2) is 11.5 Å². The van der Waals surface area contributed by atoms with Gasteiger partial charge in [-0.05, 0) is 81.4 Å². The molecule has 0 aliphatic carbocycles. The monoisotopic (exact) mass is 613 g/mol. The largest absolute Gasteiger partial charge is 0.486 e. The molecule has 0 atom stereocenters. The summed E-state index contributed by atoms with van der Waals surface area (Å²) in [6, 6.07) is 19.5. The summed E-state index contributed by atoms with van der Waals surface area (Å²) < 4.78 is 11.1. The Labute approximate surface area is 262 Å². The maximum Gasteiger partial charge on any atom is 0.255 e. The molecule has 2 amide bonds. The second-order valence-electron chi connectivity index (χ2n) is 12.1. The third-order valence-corrected chi connectivity index (χ3v) is 8.32. The number of halogens is 1. The number of benzene rings is 3. The molecule has 44 heavy (non-hydrogen) atoms. The van der Waals surface area contributed by atoms with Gasteiger partial charge in [-0.2, -0.15) is 0 Å². The minimum atomic E-state index is -0.324. The predicted molar refractivity (Wildman–Crippen MR) is 173 cm³/mol. The SMILES string of the molecule is CC(C)(C)N1CCN(Cc2ccc3cc(C(=O)Nc4cc(NC(=O)c5ccc6c(c5)OCCO6)ccc4Cl)ccc3n2)CC1. The second kappa shape index (κ2) is 12.4. The highest BCUT2D eigenvalue weighted by molar-refractivity contribution is 6.34. The van der Waals surface area contributed by atoms with Gasteiger partial charge < -0.3 is 20.1 Å². The van der Waals surface area contributed by atoms with Gasteiger partial charge in [-0.15, -0.1) is 0 Å². The number of piperazine rings is 1. The van der Waals surface area contributed by atoms with Gasteiger partial charge in [0.25, 0.3) is 11.8 Å². The number of amides is 2. The highest BCUT2D eigenvalue weighted by atomic mass is 35.5. The van der Waals surface area contributed by atoms with Crippen molar-refractivity contribution in [2.75, 3.05) is 50.0 Å². The number of fused-ring (bicyclic) bond motifs is 2. The normalized spacial score (nSPS) is 15.6. The van der Waals surface area contributed by atoms with E-state index in [2.05, 4.69) is 41.2 Å². The van der Waals surface area contributed by atoms with Crippen LogP contribution in [0.15, 0.2) is 66.7 Å². The van der Waals surface area contributed by atoms with Crippen LogP contribution < -0.4 is 20.1 Å². The number of ether oxygens (including phenoxy) is 2. The van der Waals surface area contributed by atoms with Crippen LogP contribution in [0.2, 0.25) is 5.02 Å². The highest BCUT2D eigenvalue weighted by Crippen LogP contribution is 2.32. The zero-order chi connectivity index (χ0) is 30.8. The fourth-order valence-electron chi connectivity index (χ4n) is 5.48. The van der Waals surface area contributed by atoms with Crippen LogP contribution in [0.3, 0.4) is 0 Å². The van der Waals surface area contributed by atoms with E-state index in [0.717, 1.165) is 49.3 Å². The summed E-state index contributed by atoms with van der Waals surface area (Å²) in [6.07, 6.45) is 0. The van der Waals surface area contributed by atoms with Gasteiger partial charge in [0, 0.05) is 60.5 Å². The highest BCUT2D eigenvalue weighted by Gasteiger charge is 2.26. The quantitative estimate of drug-likeness (QED) is 0.272. The first-order valence-electron chi connectivity index (χ1n) is 14.8. The van der Waals surface area contributed by atoms with Crippen LogP contribution in [-0.4, -0.2) is 71.5 Å². The summed E-state index contributed by atoms with van der Waals surface area (Å²) in [5.74, 6) is 0.504. The first-order valence-corrected chi connectivity index (χ1v) is 15.2. The van der Waals surface area contributed by atoms with Crippen molar-refractivity contribution < 1.29 is 19.1 Å². The number of pyridine rings is 1. The van der Waals surface area contributed by atoms with E-state index in [0.29, 0.717) is 52.2 Å². The zero-order valence-electron chi connectivity index (χ0n) is 25.2. The molecule has 1 aromatic heterocycles. The molecule has 3 aromatic carbocycles. The van der Waals surface area contributed by atoms with Crippen LogP contribution >= 0.6 is 11.6 Å². The van der Waals surface area contributed by atoms with Crippen molar-refractivity contribution in [3.05, 3.63) is 88.6 Å². The summed E-state index contributed by atoms with van der Waals surface area (Å²) in [6.45, 7) is 12.6. The molecular weight excluding hydrogens is 578 g/mol. The number of hydrogen-bond acceptors (Lipinski definition) is 7. The average molecular weight is 614 g/mol. The van der Waals surface area contributed by atoms with Gasteiger partial charge in [-0.25, -0.2) is 0 Å². The number of rotatable bonds is 6. The molecule has 2 N–H and O–H groups in total. The van der Waals surface area contributed by atoms with Crippen LogP contribution in [0, 0.1) is 0 Å². The first kappa shape index (κ1) is 29.9. The van der Waals surface area contributed by atoms with E-state index in [1.54, 1.807) is 42.5 Å². The number of carbonyl (C=O) groups excluding carboxylic acids is 2. The van der Waals surface area contributed by atoms with E-state index in [1.165, 1.54) is 0 Å². The number of hydrogen-bond donors (Lipinski definition) is 2. The molecular formula is C34H36ClN5O4. The predicted octanol–water partition coefficient (Wildman–Crippen LogP) is 6.08. The zero-order valence-corrected chi connectivity index (χ0v) is 25.9. The van der Waals surface area contributed by atoms with E-state index in [4.69, 9.17) is 26.1 Å². The van der Waals surface area contributed by atoms with E-state index in [-0.39, 0.29) is 17.4 Å². The average Bonchev–Trinajstić information content (AvgIpc) is 3.02. The maximum absolute atomic E-state index is 13.2. The lowest BCUT2D eigenvalue weighted by Gasteiger charge is -2.42. The summed E-state index contributed by atoms with van der Waals surface area (Å²) in [7, 11) is 0. The molecule has 4 aromatic rings. The fraction of sp³-hybridized carbons (Fsp3) is 0.324. The number of anilines is 2. The third-order valence-electron chi connectivity index (χ3n) is 7.99. The molecule has 0 radical (unpaired) electrons. The third kappa shape index (κ3) is 6.80. The Balaban J connectivity index is 1.10. The summed E-state index contributed by atoms with van der Waals surface area (Å²) in [5.41, 5.74) is 3.82. The molecule has 3 heterocycles. The van der Waals surface area contributed by atoms with E-state index in [9.17, 15) is 9.59 Å². The van der Waals surface area contributed by atoms with Crippen molar-refractivity contribution in [2.45, 2.75) is 32.9 Å². The summed E-state index contributed by atoms with van der Waals surface area (Å²) in [5, 5.41) is 6.96.